The average Bonchev–Trinajstić information content (AvgIpc) is 2.32. The van der Waals surface area contributed by atoms with E-state index in [1.165, 1.54) is 0 Å². The molecule has 0 spiro atoms. The molecule has 0 bridgehead atoms. The number of hydrogen-bond acceptors (Lipinski definition) is 3. The molecule has 1 unspecified atom stereocenters. The molecule has 3 nitrogen and oxygen atoms in total. The smallest absolute Gasteiger partial charge is 0.0700 e. The number of morpholine rings is 1. The van der Waals surface area contributed by atoms with Gasteiger partial charge < -0.3 is 10.5 Å². The summed E-state index contributed by atoms with van der Waals surface area (Å²) in [5.74, 6) is 0. The van der Waals surface area contributed by atoms with Gasteiger partial charge in [0.05, 0.1) is 12.7 Å². The summed E-state index contributed by atoms with van der Waals surface area (Å²) in [4.78, 5) is 2.55. The van der Waals surface area contributed by atoms with E-state index in [1.807, 2.05) is 0 Å². The van der Waals surface area contributed by atoms with E-state index in [-0.39, 0.29) is 5.54 Å². The molecule has 1 aliphatic rings. The van der Waals surface area contributed by atoms with Gasteiger partial charge in [-0.3, -0.25) is 4.90 Å². The Kier molecular flexibility index (Phi) is 5.03. The van der Waals surface area contributed by atoms with Crippen LogP contribution in [-0.2, 0) is 4.74 Å². The van der Waals surface area contributed by atoms with E-state index in [0.717, 1.165) is 45.5 Å². The van der Waals surface area contributed by atoms with E-state index < -0.39 is 0 Å². The van der Waals surface area contributed by atoms with Crippen LogP contribution in [0.3, 0.4) is 0 Å². The molecule has 1 fully saturated rings. The van der Waals surface area contributed by atoms with Crippen molar-refractivity contribution in [3.05, 3.63) is 0 Å². The topological polar surface area (TPSA) is 38.5 Å². The number of ether oxygens (including phenoxy) is 1. The van der Waals surface area contributed by atoms with Crippen molar-refractivity contribution in [2.45, 2.75) is 51.7 Å². The summed E-state index contributed by atoms with van der Waals surface area (Å²) in [5, 5.41) is 0. The molecule has 0 radical (unpaired) electrons. The van der Waals surface area contributed by atoms with Crippen molar-refractivity contribution in [2.24, 2.45) is 5.73 Å². The van der Waals surface area contributed by atoms with Crippen LogP contribution in [-0.4, -0.2) is 42.8 Å². The maximum atomic E-state index is 5.96. The highest BCUT2D eigenvalue weighted by Crippen LogP contribution is 2.25. The number of rotatable bonds is 5. The molecular formula is C12H26N2O. The molecule has 2 N–H and O–H groups in total. The molecule has 0 aliphatic carbocycles. The van der Waals surface area contributed by atoms with Crippen LogP contribution in [0.25, 0.3) is 0 Å². The second-order valence-corrected chi connectivity index (χ2v) is 4.48. The van der Waals surface area contributed by atoms with Crippen LogP contribution in [0.2, 0.25) is 0 Å². The lowest BCUT2D eigenvalue weighted by atomic mass is 9.89. The van der Waals surface area contributed by atoms with Gasteiger partial charge in [-0.25, -0.2) is 0 Å². The summed E-state index contributed by atoms with van der Waals surface area (Å²) in [6, 6.07) is 0. The van der Waals surface area contributed by atoms with E-state index in [2.05, 4.69) is 25.7 Å². The Morgan fingerprint density at radius 3 is 2.47 bits per heavy atom. The summed E-state index contributed by atoms with van der Waals surface area (Å²) in [7, 11) is 0. The predicted octanol–water partition coefficient (Wildman–Crippen LogP) is 1.61. The zero-order chi connectivity index (χ0) is 11.3. The lowest BCUT2D eigenvalue weighted by molar-refractivity contribution is -0.0712. The molecule has 1 saturated heterocycles. The van der Waals surface area contributed by atoms with E-state index in [1.54, 1.807) is 0 Å². The maximum absolute atomic E-state index is 5.96. The summed E-state index contributed by atoms with van der Waals surface area (Å²) >= 11 is 0. The highest BCUT2D eigenvalue weighted by atomic mass is 16.5. The van der Waals surface area contributed by atoms with Crippen molar-refractivity contribution < 1.29 is 4.74 Å². The SMILES string of the molecule is CCC1CN(C(CC)(CC)CN)CCO1. The van der Waals surface area contributed by atoms with Crippen molar-refractivity contribution in [2.75, 3.05) is 26.2 Å². The Bertz CT molecular complexity index is 172. The van der Waals surface area contributed by atoms with E-state index in [0.29, 0.717) is 6.10 Å². The van der Waals surface area contributed by atoms with Gasteiger partial charge in [0.2, 0.25) is 0 Å². The number of nitrogens with zero attached hydrogens (tertiary/aromatic N) is 1. The van der Waals surface area contributed by atoms with Crippen LogP contribution in [0, 0.1) is 0 Å². The molecular weight excluding hydrogens is 188 g/mol. The number of nitrogens with two attached hydrogens (primary N) is 1. The first-order chi connectivity index (χ1) is 7.22. The first kappa shape index (κ1) is 12.9. The van der Waals surface area contributed by atoms with Gasteiger partial charge >= 0.3 is 0 Å². The van der Waals surface area contributed by atoms with Crippen molar-refractivity contribution in [3.63, 3.8) is 0 Å². The zero-order valence-electron chi connectivity index (χ0n) is 10.5. The zero-order valence-corrected chi connectivity index (χ0v) is 10.5. The van der Waals surface area contributed by atoms with Crippen LogP contribution >= 0.6 is 0 Å². The van der Waals surface area contributed by atoms with E-state index in [9.17, 15) is 0 Å². The summed E-state index contributed by atoms with van der Waals surface area (Å²) in [6.07, 6.45) is 3.78. The summed E-state index contributed by atoms with van der Waals surface area (Å²) < 4.78 is 5.70. The van der Waals surface area contributed by atoms with Crippen molar-refractivity contribution in [1.82, 2.24) is 4.90 Å². The first-order valence-corrected chi connectivity index (χ1v) is 6.29. The number of hydrogen-bond donors (Lipinski definition) is 1. The van der Waals surface area contributed by atoms with Gasteiger partial charge in [-0.2, -0.15) is 0 Å². The molecule has 0 aromatic carbocycles. The fourth-order valence-electron chi connectivity index (χ4n) is 2.51. The Morgan fingerprint density at radius 2 is 2.00 bits per heavy atom. The molecule has 0 amide bonds. The lowest BCUT2D eigenvalue weighted by Crippen LogP contribution is -2.58. The van der Waals surface area contributed by atoms with Gasteiger partial charge in [0.25, 0.3) is 0 Å². The maximum Gasteiger partial charge on any atom is 0.0700 e. The normalized spacial score (nSPS) is 24.4. The minimum Gasteiger partial charge on any atom is -0.376 e. The Labute approximate surface area is 94.0 Å². The van der Waals surface area contributed by atoms with Crippen molar-refractivity contribution in [1.29, 1.82) is 0 Å². The molecule has 1 heterocycles. The van der Waals surface area contributed by atoms with Crippen LogP contribution in [0.5, 0.6) is 0 Å². The van der Waals surface area contributed by atoms with Crippen molar-refractivity contribution >= 4 is 0 Å². The highest BCUT2D eigenvalue weighted by Gasteiger charge is 2.35. The van der Waals surface area contributed by atoms with Crippen LogP contribution in [0.1, 0.15) is 40.0 Å². The van der Waals surface area contributed by atoms with Gasteiger partial charge in [0.1, 0.15) is 0 Å². The lowest BCUT2D eigenvalue weighted by Gasteiger charge is -2.46. The second kappa shape index (κ2) is 5.83. The third kappa shape index (κ3) is 2.71. The standard InChI is InChI=1S/C12H26N2O/c1-4-11-9-14(7-8-15-11)12(5-2,6-3)10-13/h11H,4-10,13H2,1-3H3. The van der Waals surface area contributed by atoms with Crippen LogP contribution < -0.4 is 5.73 Å². The molecule has 90 valence electrons. The monoisotopic (exact) mass is 214 g/mol. The highest BCUT2D eigenvalue weighted by molar-refractivity contribution is 4.91. The largest absolute Gasteiger partial charge is 0.376 e. The second-order valence-electron chi connectivity index (χ2n) is 4.48. The van der Waals surface area contributed by atoms with Gasteiger partial charge in [-0.1, -0.05) is 20.8 Å². The third-order valence-electron chi connectivity index (χ3n) is 3.96. The Balaban J connectivity index is 2.66. The van der Waals surface area contributed by atoms with E-state index >= 15 is 0 Å². The van der Waals surface area contributed by atoms with Crippen molar-refractivity contribution in [3.8, 4) is 0 Å². The molecule has 0 saturated carbocycles. The molecule has 1 atom stereocenters. The summed E-state index contributed by atoms with van der Waals surface area (Å²) in [5.41, 5.74) is 6.17. The van der Waals surface area contributed by atoms with Crippen LogP contribution in [0.15, 0.2) is 0 Å². The fraction of sp³-hybridized carbons (Fsp3) is 1.00. The predicted molar refractivity (Wildman–Crippen MR) is 64.0 cm³/mol. The Hall–Kier alpha value is -0.120. The van der Waals surface area contributed by atoms with Crippen LogP contribution in [0.4, 0.5) is 0 Å². The molecule has 15 heavy (non-hydrogen) atoms. The first-order valence-electron chi connectivity index (χ1n) is 6.29. The Morgan fingerprint density at radius 1 is 1.33 bits per heavy atom. The molecule has 1 aliphatic heterocycles. The molecule has 3 heteroatoms. The van der Waals surface area contributed by atoms with Gasteiger partial charge in [0.15, 0.2) is 0 Å². The minimum absolute atomic E-state index is 0.206. The molecule has 1 rings (SSSR count). The fourth-order valence-corrected chi connectivity index (χ4v) is 2.51. The molecule has 0 aromatic heterocycles. The van der Waals surface area contributed by atoms with Gasteiger partial charge in [-0.15, -0.1) is 0 Å². The van der Waals surface area contributed by atoms with Gasteiger partial charge in [-0.05, 0) is 19.3 Å². The van der Waals surface area contributed by atoms with E-state index in [4.69, 9.17) is 10.5 Å². The molecule has 0 aromatic rings. The average molecular weight is 214 g/mol. The minimum atomic E-state index is 0.206. The quantitative estimate of drug-likeness (QED) is 0.755. The van der Waals surface area contributed by atoms with Gasteiger partial charge in [0, 0.05) is 25.2 Å². The third-order valence-corrected chi connectivity index (χ3v) is 3.96. The summed E-state index contributed by atoms with van der Waals surface area (Å²) in [6.45, 7) is 10.4.